The van der Waals surface area contributed by atoms with Crippen molar-refractivity contribution in [3.8, 4) is 5.75 Å². The number of nitrogens with zero attached hydrogens (tertiary/aromatic N) is 2. The van der Waals surface area contributed by atoms with Gasteiger partial charge in [-0.2, -0.15) is 0 Å². The molecule has 0 saturated heterocycles. The van der Waals surface area contributed by atoms with E-state index >= 15 is 0 Å². The van der Waals surface area contributed by atoms with Gasteiger partial charge < -0.3 is 15.4 Å². The van der Waals surface area contributed by atoms with Gasteiger partial charge in [0.05, 0.1) is 6.54 Å². The van der Waals surface area contributed by atoms with Crippen molar-refractivity contribution in [2.75, 3.05) is 46.1 Å². The van der Waals surface area contributed by atoms with Crippen molar-refractivity contribution in [1.82, 2.24) is 9.80 Å². The molecule has 0 heterocycles. The zero-order chi connectivity index (χ0) is 15.0. The average Bonchev–Trinajstić information content (AvgIpc) is 2.38. The molecule has 0 spiro atoms. The molecule has 1 aromatic rings. The van der Waals surface area contributed by atoms with E-state index < -0.39 is 0 Å². The van der Waals surface area contributed by atoms with Gasteiger partial charge >= 0.3 is 0 Å². The topological polar surface area (TPSA) is 58.8 Å². The minimum Gasteiger partial charge on any atom is -0.492 e. The molecule has 0 bridgehead atoms. The third-order valence-electron chi connectivity index (χ3n) is 2.93. The van der Waals surface area contributed by atoms with Gasteiger partial charge in [0.2, 0.25) is 5.91 Å². The maximum absolute atomic E-state index is 11.7. The van der Waals surface area contributed by atoms with Gasteiger partial charge in [0, 0.05) is 32.4 Å². The molecule has 0 unspecified atom stereocenters. The Hall–Kier alpha value is -1.75. The molecule has 2 N–H and O–H groups in total. The highest BCUT2D eigenvalue weighted by atomic mass is 16.5. The summed E-state index contributed by atoms with van der Waals surface area (Å²) < 4.78 is 5.66. The van der Waals surface area contributed by atoms with Crippen LogP contribution < -0.4 is 10.5 Å². The highest BCUT2D eigenvalue weighted by Gasteiger charge is 2.11. The molecule has 5 nitrogen and oxygen atoms in total. The molecule has 0 aromatic heterocycles. The lowest BCUT2D eigenvalue weighted by Gasteiger charge is -2.23. The normalized spacial score (nSPS) is 10.6. The summed E-state index contributed by atoms with van der Waals surface area (Å²) in [6.07, 6.45) is 1.01. The summed E-state index contributed by atoms with van der Waals surface area (Å²) in [5.74, 6) is 0.878. The Kier molecular flexibility index (Phi) is 6.87. The van der Waals surface area contributed by atoms with Crippen LogP contribution in [0.2, 0.25) is 0 Å². The lowest BCUT2D eigenvalue weighted by Crippen LogP contribution is -2.39. The van der Waals surface area contributed by atoms with Crippen LogP contribution in [0, 0.1) is 0 Å². The summed E-state index contributed by atoms with van der Waals surface area (Å²) in [5, 5.41) is 0. The first-order valence-electron chi connectivity index (χ1n) is 6.93. The number of hydrogen-bond acceptors (Lipinski definition) is 4. The quantitative estimate of drug-likeness (QED) is 0.732. The molecule has 1 aromatic carbocycles. The lowest BCUT2D eigenvalue weighted by molar-refractivity contribution is -0.130. The van der Waals surface area contributed by atoms with Crippen LogP contribution in [-0.2, 0) is 4.79 Å². The summed E-state index contributed by atoms with van der Waals surface area (Å²) in [6, 6.07) is 7.37. The van der Waals surface area contributed by atoms with Crippen LogP contribution >= 0.6 is 0 Å². The van der Waals surface area contributed by atoms with E-state index in [9.17, 15) is 4.79 Å². The second-order valence-corrected chi connectivity index (χ2v) is 4.99. The van der Waals surface area contributed by atoms with Crippen LogP contribution in [0.3, 0.4) is 0 Å². The molecule has 0 fully saturated rings. The fourth-order valence-corrected chi connectivity index (χ4v) is 1.82. The predicted octanol–water partition coefficient (Wildman–Crippen LogP) is 1.45. The van der Waals surface area contributed by atoms with E-state index in [1.54, 1.807) is 25.1 Å². The van der Waals surface area contributed by atoms with E-state index in [0.29, 0.717) is 18.8 Å². The minimum atomic E-state index is 0.113. The van der Waals surface area contributed by atoms with Gasteiger partial charge in [-0.3, -0.25) is 9.69 Å². The molecule has 0 atom stereocenters. The number of benzene rings is 1. The standard InChI is InChI=1S/C15H25N3O2/c1-4-8-18(12-15(19)17(2)3)9-10-20-14-7-5-6-13(16)11-14/h5-7,11H,4,8-10,12,16H2,1-3H3. The van der Waals surface area contributed by atoms with Gasteiger partial charge in [-0.05, 0) is 25.1 Å². The first-order valence-corrected chi connectivity index (χ1v) is 6.93. The Labute approximate surface area is 121 Å². The van der Waals surface area contributed by atoms with Crippen LogP contribution in [0.1, 0.15) is 13.3 Å². The second kappa shape index (κ2) is 8.43. The Bertz CT molecular complexity index is 421. The second-order valence-electron chi connectivity index (χ2n) is 4.99. The summed E-state index contributed by atoms with van der Waals surface area (Å²) >= 11 is 0. The molecular formula is C15H25N3O2. The monoisotopic (exact) mass is 279 g/mol. The van der Waals surface area contributed by atoms with Crippen LogP contribution in [0.5, 0.6) is 5.75 Å². The predicted molar refractivity (Wildman–Crippen MR) is 81.8 cm³/mol. The number of amides is 1. The Morgan fingerprint density at radius 1 is 1.30 bits per heavy atom. The van der Waals surface area contributed by atoms with Crippen LogP contribution in [0.15, 0.2) is 24.3 Å². The number of ether oxygens (including phenoxy) is 1. The number of carbonyl (C=O) groups excluding carboxylic acids is 1. The largest absolute Gasteiger partial charge is 0.492 e. The number of hydrogen-bond donors (Lipinski definition) is 1. The number of nitrogens with two attached hydrogens (primary N) is 1. The maximum atomic E-state index is 11.7. The molecule has 0 saturated carbocycles. The molecule has 1 amide bonds. The fraction of sp³-hybridized carbons (Fsp3) is 0.533. The van der Waals surface area contributed by atoms with Crippen molar-refractivity contribution in [3.63, 3.8) is 0 Å². The molecule has 5 heteroatoms. The van der Waals surface area contributed by atoms with Gasteiger partial charge in [-0.25, -0.2) is 0 Å². The zero-order valence-electron chi connectivity index (χ0n) is 12.6. The van der Waals surface area contributed by atoms with E-state index in [1.165, 1.54) is 0 Å². The Morgan fingerprint density at radius 3 is 2.65 bits per heavy atom. The van der Waals surface area contributed by atoms with Gasteiger partial charge in [0.1, 0.15) is 12.4 Å². The van der Waals surface area contributed by atoms with Gasteiger partial charge in [-0.1, -0.05) is 13.0 Å². The summed E-state index contributed by atoms with van der Waals surface area (Å²) in [4.78, 5) is 15.5. The van der Waals surface area contributed by atoms with E-state index in [-0.39, 0.29) is 5.91 Å². The number of likely N-dealkylation sites (N-methyl/N-ethyl adjacent to an activating group) is 1. The molecule has 112 valence electrons. The van der Waals surface area contributed by atoms with Gasteiger partial charge in [0.25, 0.3) is 0 Å². The van der Waals surface area contributed by atoms with Crippen molar-refractivity contribution < 1.29 is 9.53 Å². The molecular weight excluding hydrogens is 254 g/mol. The van der Waals surface area contributed by atoms with Crippen molar-refractivity contribution in [3.05, 3.63) is 24.3 Å². The molecule has 1 rings (SSSR count). The summed E-state index contributed by atoms with van der Waals surface area (Å²) in [6.45, 7) is 4.69. The maximum Gasteiger partial charge on any atom is 0.236 e. The van der Waals surface area contributed by atoms with Crippen LogP contribution in [0.25, 0.3) is 0 Å². The SMILES string of the molecule is CCCN(CCOc1cccc(N)c1)CC(=O)N(C)C. The first-order chi connectivity index (χ1) is 9.52. The molecule has 0 aliphatic rings. The fourth-order valence-electron chi connectivity index (χ4n) is 1.82. The summed E-state index contributed by atoms with van der Waals surface area (Å²) in [5.41, 5.74) is 6.39. The molecule has 0 radical (unpaired) electrons. The van der Waals surface area contributed by atoms with E-state index in [0.717, 1.165) is 25.3 Å². The van der Waals surface area contributed by atoms with Crippen LogP contribution in [-0.4, -0.2) is 56.0 Å². The Balaban J connectivity index is 2.40. The third-order valence-corrected chi connectivity index (χ3v) is 2.93. The highest BCUT2D eigenvalue weighted by Crippen LogP contribution is 2.14. The van der Waals surface area contributed by atoms with Crippen molar-refractivity contribution >= 4 is 11.6 Å². The van der Waals surface area contributed by atoms with E-state index in [4.69, 9.17) is 10.5 Å². The van der Waals surface area contributed by atoms with E-state index in [2.05, 4.69) is 11.8 Å². The molecule has 0 aliphatic heterocycles. The molecule has 0 aliphatic carbocycles. The number of anilines is 1. The van der Waals surface area contributed by atoms with Crippen molar-refractivity contribution in [2.45, 2.75) is 13.3 Å². The third kappa shape index (κ3) is 5.93. The van der Waals surface area contributed by atoms with Crippen molar-refractivity contribution in [2.24, 2.45) is 0 Å². The lowest BCUT2D eigenvalue weighted by atomic mass is 10.3. The number of carbonyl (C=O) groups is 1. The van der Waals surface area contributed by atoms with Gasteiger partial charge in [0.15, 0.2) is 0 Å². The Morgan fingerprint density at radius 2 is 2.05 bits per heavy atom. The highest BCUT2D eigenvalue weighted by molar-refractivity contribution is 5.77. The van der Waals surface area contributed by atoms with Crippen LogP contribution in [0.4, 0.5) is 5.69 Å². The minimum absolute atomic E-state index is 0.113. The van der Waals surface area contributed by atoms with Gasteiger partial charge in [-0.15, -0.1) is 0 Å². The first kappa shape index (κ1) is 16.3. The smallest absolute Gasteiger partial charge is 0.236 e. The number of nitrogen functional groups attached to an aromatic ring is 1. The summed E-state index contributed by atoms with van der Waals surface area (Å²) in [7, 11) is 3.55. The average molecular weight is 279 g/mol. The molecule has 20 heavy (non-hydrogen) atoms. The van der Waals surface area contributed by atoms with E-state index in [1.807, 2.05) is 18.2 Å². The van der Waals surface area contributed by atoms with Crippen molar-refractivity contribution in [1.29, 1.82) is 0 Å². The zero-order valence-corrected chi connectivity index (χ0v) is 12.6. The number of rotatable bonds is 8.